The quantitative estimate of drug-likeness (QED) is 0.0902. The summed E-state index contributed by atoms with van der Waals surface area (Å²) in [6.45, 7) is 24.1. The molecule has 0 aromatic heterocycles. The highest BCUT2D eigenvalue weighted by molar-refractivity contribution is 7.48. The number of hydrogen-bond donors (Lipinski definition) is 0. The van der Waals surface area contributed by atoms with Crippen LogP contribution in [0.4, 0.5) is 0 Å². The number of phosphoric ester groups is 1. The largest absolute Gasteiger partial charge is 0.481 e. The fourth-order valence-electron chi connectivity index (χ4n) is 4.16. The van der Waals surface area contributed by atoms with E-state index in [0.29, 0.717) is 39.1 Å². The second-order valence-electron chi connectivity index (χ2n) is 9.20. The minimum absolute atomic E-state index is 0.169. The lowest BCUT2D eigenvalue weighted by Crippen LogP contribution is -2.35. The van der Waals surface area contributed by atoms with E-state index in [-0.39, 0.29) is 36.6 Å². The van der Waals surface area contributed by atoms with Crippen LogP contribution >= 0.6 is 7.82 Å². The van der Waals surface area contributed by atoms with E-state index in [4.69, 9.17) is 42.0 Å². The zero-order chi connectivity index (χ0) is 29.3. The lowest BCUT2D eigenvalue weighted by Gasteiger charge is -2.32. The molecule has 0 radical (unpaired) electrons. The molecule has 0 saturated heterocycles. The normalized spacial score (nSPS) is 21.1. The Labute approximate surface area is 232 Å². The summed E-state index contributed by atoms with van der Waals surface area (Å²) in [7, 11) is -4.22. The van der Waals surface area contributed by atoms with E-state index in [1.807, 2.05) is 62.3 Å². The van der Waals surface area contributed by atoms with Gasteiger partial charge in [-0.1, -0.05) is 20.8 Å². The zero-order valence-corrected chi connectivity index (χ0v) is 26.9. The summed E-state index contributed by atoms with van der Waals surface area (Å²) in [4.78, 5) is 0. The Balaban J connectivity index is 5.65. The molecule has 11 heteroatoms. The molecule has 0 aromatic rings. The van der Waals surface area contributed by atoms with Crippen LogP contribution < -0.4 is 0 Å². The summed E-state index contributed by atoms with van der Waals surface area (Å²) >= 11 is 0. The smallest absolute Gasteiger partial charge is 0.376 e. The molecule has 9 unspecified atom stereocenters. The lowest BCUT2D eigenvalue weighted by molar-refractivity contribution is -0.200. The number of phosphoric acid groups is 1. The maximum Gasteiger partial charge on any atom is 0.481 e. The summed E-state index contributed by atoms with van der Waals surface area (Å²) in [5.41, 5.74) is 0. The molecule has 10 nitrogen and oxygen atoms in total. The molecule has 0 bridgehead atoms. The van der Waals surface area contributed by atoms with E-state index in [9.17, 15) is 4.57 Å². The van der Waals surface area contributed by atoms with Gasteiger partial charge in [-0.15, -0.1) is 0 Å². The van der Waals surface area contributed by atoms with Crippen molar-refractivity contribution < 1.29 is 46.6 Å². The van der Waals surface area contributed by atoms with Gasteiger partial charge in [0, 0.05) is 19.8 Å². The van der Waals surface area contributed by atoms with Crippen LogP contribution in [0.2, 0.25) is 0 Å². The molecule has 0 amide bonds. The van der Waals surface area contributed by atoms with E-state index in [1.54, 1.807) is 20.8 Å². The van der Waals surface area contributed by atoms with Crippen molar-refractivity contribution >= 4 is 7.82 Å². The van der Waals surface area contributed by atoms with Gasteiger partial charge in [-0.2, -0.15) is 0 Å². The topological polar surface area (TPSA) is 100 Å². The number of ether oxygens (including phenoxy) is 6. The van der Waals surface area contributed by atoms with Gasteiger partial charge in [0.05, 0.1) is 36.6 Å². The van der Waals surface area contributed by atoms with Crippen molar-refractivity contribution in [3.63, 3.8) is 0 Å². The monoisotopic (exact) mass is 572 g/mol. The van der Waals surface area contributed by atoms with Crippen LogP contribution in [0.15, 0.2) is 0 Å². The second kappa shape index (κ2) is 20.7. The highest BCUT2D eigenvalue weighted by Gasteiger charge is 2.38. The third-order valence-corrected chi connectivity index (χ3v) is 7.66. The Morgan fingerprint density at radius 2 is 0.711 bits per heavy atom. The Kier molecular flexibility index (Phi) is 20.6. The van der Waals surface area contributed by atoms with Crippen molar-refractivity contribution in [1.29, 1.82) is 0 Å². The Hall–Kier alpha value is -0.130. The van der Waals surface area contributed by atoms with Crippen molar-refractivity contribution in [2.24, 2.45) is 0 Å². The van der Waals surface area contributed by atoms with Crippen molar-refractivity contribution in [2.45, 2.75) is 158 Å². The summed E-state index contributed by atoms with van der Waals surface area (Å²) in [6, 6.07) is 0. The Morgan fingerprint density at radius 3 is 0.895 bits per heavy atom. The minimum atomic E-state index is -4.22. The highest BCUT2D eigenvalue weighted by atomic mass is 31.2. The van der Waals surface area contributed by atoms with Gasteiger partial charge in [-0.25, -0.2) is 4.57 Å². The molecule has 38 heavy (non-hydrogen) atoms. The molecule has 0 aliphatic carbocycles. The third-order valence-electron chi connectivity index (χ3n) is 6.00. The fourth-order valence-corrected chi connectivity index (χ4v) is 5.55. The van der Waals surface area contributed by atoms with Gasteiger partial charge in [0.25, 0.3) is 0 Å². The van der Waals surface area contributed by atoms with E-state index in [1.165, 1.54) is 0 Å². The van der Waals surface area contributed by atoms with Gasteiger partial charge < -0.3 is 28.4 Å². The molecule has 0 N–H and O–H groups in total. The van der Waals surface area contributed by atoms with Crippen LogP contribution in [-0.4, -0.2) is 75.3 Å². The molecule has 0 heterocycles. The van der Waals surface area contributed by atoms with Crippen molar-refractivity contribution in [1.82, 2.24) is 0 Å². The predicted molar refractivity (Wildman–Crippen MR) is 148 cm³/mol. The van der Waals surface area contributed by atoms with Crippen molar-refractivity contribution in [3.05, 3.63) is 0 Å². The van der Waals surface area contributed by atoms with Gasteiger partial charge in [-0.05, 0) is 81.6 Å². The standard InChI is InChI=1S/C27H57O10P/c1-13-25(19(7)29-16-4)32-22(10)35-38(28,36-23(11)33-26(14-2)20(8)30-17-5)37-24(12)34-27(15-3)21(9)31-18-6/h19-27H,13-18H2,1-12H3. The predicted octanol–water partition coefficient (Wildman–Crippen LogP) is 6.84. The summed E-state index contributed by atoms with van der Waals surface area (Å²) in [5, 5.41) is 0. The maximum absolute atomic E-state index is 13.9. The average molecular weight is 573 g/mol. The van der Waals surface area contributed by atoms with Crippen LogP contribution in [-0.2, 0) is 46.6 Å². The van der Waals surface area contributed by atoms with Gasteiger partial charge in [0.1, 0.15) is 0 Å². The van der Waals surface area contributed by atoms with Crippen LogP contribution in [0, 0.1) is 0 Å². The Morgan fingerprint density at radius 1 is 0.474 bits per heavy atom. The van der Waals surface area contributed by atoms with Crippen molar-refractivity contribution in [3.8, 4) is 0 Å². The number of rotatable bonds is 24. The molecule has 9 atom stereocenters. The van der Waals surface area contributed by atoms with Gasteiger partial charge in [0.15, 0.2) is 18.9 Å². The second-order valence-corrected chi connectivity index (χ2v) is 10.7. The van der Waals surface area contributed by atoms with Gasteiger partial charge >= 0.3 is 7.82 Å². The first-order valence-electron chi connectivity index (χ1n) is 14.4. The minimum Gasteiger partial charge on any atom is -0.376 e. The Bertz CT molecular complexity index is 544. The van der Waals surface area contributed by atoms with Crippen LogP contribution in [0.25, 0.3) is 0 Å². The van der Waals surface area contributed by atoms with Crippen LogP contribution in [0.1, 0.15) is 102 Å². The van der Waals surface area contributed by atoms with Gasteiger partial charge in [0.2, 0.25) is 0 Å². The molecule has 0 rings (SSSR count). The molecule has 0 aliphatic rings. The van der Waals surface area contributed by atoms with Crippen molar-refractivity contribution in [2.75, 3.05) is 19.8 Å². The highest BCUT2D eigenvalue weighted by Crippen LogP contribution is 2.53. The first-order chi connectivity index (χ1) is 17.9. The SMILES string of the molecule is CCOC(C)C(CC)OC(C)OP(=O)(OC(C)OC(CC)C(C)OCC)OC(C)OC(CC)C(C)OCC. The lowest BCUT2D eigenvalue weighted by atomic mass is 10.2. The van der Waals surface area contributed by atoms with E-state index in [2.05, 4.69) is 0 Å². The van der Waals surface area contributed by atoms with Crippen LogP contribution in [0.3, 0.4) is 0 Å². The molecule has 0 saturated carbocycles. The van der Waals surface area contributed by atoms with E-state index in [0.717, 1.165) is 0 Å². The summed E-state index contributed by atoms with van der Waals surface area (Å²) < 4.78 is 66.4. The molecule has 0 aliphatic heterocycles. The molecule has 230 valence electrons. The van der Waals surface area contributed by atoms with Crippen LogP contribution in [0.5, 0.6) is 0 Å². The average Bonchev–Trinajstić information content (AvgIpc) is 2.84. The fraction of sp³-hybridized carbons (Fsp3) is 1.00. The van der Waals surface area contributed by atoms with E-state index < -0.39 is 26.7 Å². The van der Waals surface area contributed by atoms with Gasteiger partial charge in [-0.3, -0.25) is 13.6 Å². The van der Waals surface area contributed by atoms with E-state index >= 15 is 0 Å². The molecular weight excluding hydrogens is 515 g/mol. The molecule has 0 fully saturated rings. The summed E-state index contributed by atoms with van der Waals surface area (Å²) in [5.74, 6) is 0. The first-order valence-corrected chi connectivity index (χ1v) is 15.8. The number of hydrogen-bond acceptors (Lipinski definition) is 10. The third kappa shape index (κ3) is 15.0. The summed E-state index contributed by atoms with van der Waals surface area (Å²) in [6.07, 6.45) is -2.02. The maximum atomic E-state index is 13.9. The molecule has 0 aromatic carbocycles. The first kappa shape index (κ1) is 37.9. The molecular formula is C27H57O10P. The zero-order valence-electron chi connectivity index (χ0n) is 26.0. The molecule has 0 spiro atoms.